The summed E-state index contributed by atoms with van der Waals surface area (Å²) in [7, 11) is 0. The van der Waals surface area contributed by atoms with Crippen molar-refractivity contribution >= 4 is 23.0 Å². The third kappa shape index (κ3) is 2.77. The average molecular weight is 315 g/mol. The number of aromatic nitrogens is 2. The molecule has 0 saturated heterocycles. The maximum absolute atomic E-state index is 11.9. The van der Waals surface area contributed by atoms with Gasteiger partial charge in [-0.05, 0) is 36.4 Å². The van der Waals surface area contributed by atoms with E-state index in [0.29, 0.717) is 22.0 Å². The number of halogens is 1. The van der Waals surface area contributed by atoms with Crippen LogP contribution in [0.3, 0.4) is 0 Å². The first-order chi connectivity index (χ1) is 10.6. The lowest BCUT2D eigenvalue weighted by atomic mass is 10.1. The van der Waals surface area contributed by atoms with Gasteiger partial charge in [0.2, 0.25) is 0 Å². The molecule has 0 atom stereocenters. The number of rotatable bonds is 3. The van der Waals surface area contributed by atoms with Crippen molar-refractivity contribution in [3.8, 4) is 17.0 Å². The topological polar surface area (TPSA) is 93.6 Å². The second-order valence-electron chi connectivity index (χ2n) is 4.50. The van der Waals surface area contributed by atoms with E-state index in [2.05, 4.69) is 20.4 Å². The van der Waals surface area contributed by atoms with Gasteiger partial charge in [-0.2, -0.15) is 0 Å². The number of nitrogens with one attached hydrogen (secondary N) is 2. The minimum atomic E-state index is -0.390. The van der Waals surface area contributed by atoms with Crippen molar-refractivity contribution in [2.45, 2.75) is 0 Å². The number of azo groups is 1. The van der Waals surface area contributed by atoms with E-state index >= 15 is 0 Å². The molecule has 1 heterocycles. The fourth-order valence-electron chi connectivity index (χ4n) is 1.92. The van der Waals surface area contributed by atoms with Gasteiger partial charge in [0, 0.05) is 5.56 Å². The van der Waals surface area contributed by atoms with Crippen molar-refractivity contribution < 1.29 is 5.11 Å². The molecule has 1 aromatic heterocycles. The Morgan fingerprint density at radius 1 is 0.955 bits per heavy atom. The molecule has 0 bridgehead atoms. The van der Waals surface area contributed by atoms with Gasteiger partial charge in [0.15, 0.2) is 5.69 Å². The lowest BCUT2D eigenvalue weighted by Crippen LogP contribution is -1.96. The molecule has 0 fully saturated rings. The monoisotopic (exact) mass is 314 g/mol. The van der Waals surface area contributed by atoms with Gasteiger partial charge >= 0.3 is 0 Å². The first-order valence-corrected chi connectivity index (χ1v) is 6.79. The number of hydrogen-bond donors (Lipinski definition) is 3. The minimum Gasteiger partial charge on any atom is -0.508 e. The van der Waals surface area contributed by atoms with Gasteiger partial charge in [-0.3, -0.25) is 15.0 Å². The number of aromatic amines is 2. The summed E-state index contributed by atoms with van der Waals surface area (Å²) in [4.78, 5) is 11.9. The largest absolute Gasteiger partial charge is 0.508 e. The summed E-state index contributed by atoms with van der Waals surface area (Å²) in [6.45, 7) is 0. The van der Waals surface area contributed by atoms with Crippen LogP contribution in [-0.2, 0) is 0 Å². The van der Waals surface area contributed by atoms with Crippen LogP contribution in [0, 0.1) is 0 Å². The van der Waals surface area contributed by atoms with Crippen LogP contribution >= 0.6 is 11.6 Å². The van der Waals surface area contributed by atoms with Crippen molar-refractivity contribution in [2.24, 2.45) is 10.2 Å². The van der Waals surface area contributed by atoms with Crippen LogP contribution in [0.15, 0.2) is 63.6 Å². The van der Waals surface area contributed by atoms with Crippen molar-refractivity contribution in [3.63, 3.8) is 0 Å². The zero-order valence-electron chi connectivity index (χ0n) is 11.2. The number of hydrogen-bond acceptors (Lipinski definition) is 4. The molecule has 0 unspecified atom stereocenters. The highest BCUT2D eigenvalue weighted by Gasteiger charge is 2.11. The van der Waals surface area contributed by atoms with Gasteiger partial charge in [-0.15, -0.1) is 10.2 Å². The van der Waals surface area contributed by atoms with E-state index in [1.165, 1.54) is 12.1 Å². The van der Waals surface area contributed by atoms with Crippen LogP contribution in [0.25, 0.3) is 11.3 Å². The lowest BCUT2D eigenvalue weighted by molar-refractivity contribution is 0.475. The predicted molar refractivity (Wildman–Crippen MR) is 84.1 cm³/mol. The van der Waals surface area contributed by atoms with Crippen LogP contribution in [0.1, 0.15) is 0 Å². The summed E-state index contributed by atoms with van der Waals surface area (Å²) in [6, 6.07) is 13.3. The first-order valence-electron chi connectivity index (χ1n) is 6.41. The molecule has 7 heteroatoms. The van der Waals surface area contributed by atoms with Gasteiger partial charge in [0.05, 0.1) is 10.7 Å². The van der Waals surface area contributed by atoms with Crippen molar-refractivity contribution in [1.29, 1.82) is 0 Å². The Hall–Kier alpha value is -2.86. The van der Waals surface area contributed by atoms with Gasteiger partial charge < -0.3 is 5.11 Å². The molecular weight excluding hydrogens is 304 g/mol. The zero-order valence-corrected chi connectivity index (χ0v) is 12.0. The number of phenols is 1. The highest BCUT2D eigenvalue weighted by atomic mass is 35.5. The summed E-state index contributed by atoms with van der Waals surface area (Å²) in [5, 5.41) is 23.0. The van der Waals surface area contributed by atoms with Crippen LogP contribution < -0.4 is 5.56 Å². The smallest absolute Gasteiger partial charge is 0.292 e. The molecule has 3 rings (SSSR count). The van der Waals surface area contributed by atoms with Crippen LogP contribution in [-0.4, -0.2) is 15.3 Å². The maximum atomic E-state index is 11.9. The molecule has 0 aliphatic heterocycles. The Morgan fingerprint density at radius 2 is 1.68 bits per heavy atom. The number of nitrogens with zero attached hydrogens (tertiary/aromatic N) is 2. The van der Waals surface area contributed by atoms with E-state index in [-0.39, 0.29) is 17.0 Å². The summed E-state index contributed by atoms with van der Waals surface area (Å²) >= 11 is 6.00. The molecule has 0 spiro atoms. The number of phenolic OH excluding ortho intramolecular Hbond substituents is 1. The van der Waals surface area contributed by atoms with Gasteiger partial charge in [0.1, 0.15) is 11.4 Å². The predicted octanol–water partition coefficient (Wildman–Crippen LogP) is 4.14. The summed E-state index contributed by atoms with van der Waals surface area (Å²) < 4.78 is 0. The Kier molecular flexibility index (Phi) is 3.76. The highest BCUT2D eigenvalue weighted by Crippen LogP contribution is 2.29. The van der Waals surface area contributed by atoms with E-state index < -0.39 is 0 Å². The van der Waals surface area contributed by atoms with E-state index in [0.717, 1.165) is 0 Å². The van der Waals surface area contributed by atoms with E-state index in [1.807, 2.05) is 0 Å². The van der Waals surface area contributed by atoms with Crippen LogP contribution in [0.4, 0.5) is 11.4 Å². The van der Waals surface area contributed by atoms with Gasteiger partial charge in [-0.1, -0.05) is 23.7 Å². The first kappa shape index (κ1) is 14.1. The summed E-state index contributed by atoms with van der Waals surface area (Å²) in [6.07, 6.45) is 0. The second kappa shape index (κ2) is 5.87. The SMILES string of the molecule is O=c1[nH][nH]c(-c2ccc(O)cc2)c1N=Nc1ccccc1Cl. The maximum Gasteiger partial charge on any atom is 0.292 e. The molecule has 0 saturated carbocycles. The molecule has 6 nitrogen and oxygen atoms in total. The van der Waals surface area contributed by atoms with E-state index in [9.17, 15) is 9.90 Å². The molecule has 110 valence electrons. The van der Waals surface area contributed by atoms with E-state index in [4.69, 9.17) is 11.6 Å². The summed E-state index contributed by atoms with van der Waals surface area (Å²) in [5.41, 5.74) is 1.41. The molecule has 0 amide bonds. The molecule has 2 aromatic carbocycles. The second-order valence-corrected chi connectivity index (χ2v) is 4.91. The molecule has 3 aromatic rings. The minimum absolute atomic E-state index is 0.140. The van der Waals surface area contributed by atoms with Crippen LogP contribution in [0.2, 0.25) is 5.02 Å². The lowest BCUT2D eigenvalue weighted by Gasteiger charge is -1.99. The number of benzene rings is 2. The fraction of sp³-hybridized carbons (Fsp3) is 0. The molecule has 3 N–H and O–H groups in total. The quantitative estimate of drug-likeness (QED) is 0.633. The average Bonchev–Trinajstić information content (AvgIpc) is 2.88. The van der Waals surface area contributed by atoms with Gasteiger partial charge in [0.25, 0.3) is 5.56 Å². The third-order valence-electron chi connectivity index (χ3n) is 3.02. The molecule has 0 aliphatic carbocycles. The third-order valence-corrected chi connectivity index (χ3v) is 3.34. The molecular formula is C15H11ClN4O2. The molecule has 0 radical (unpaired) electrons. The number of H-pyrrole nitrogens is 2. The molecule has 0 aliphatic rings. The fourth-order valence-corrected chi connectivity index (χ4v) is 2.09. The van der Waals surface area contributed by atoms with Gasteiger partial charge in [-0.25, -0.2) is 0 Å². The zero-order chi connectivity index (χ0) is 15.5. The Balaban J connectivity index is 2.01. The normalized spacial score (nSPS) is 11.1. The van der Waals surface area contributed by atoms with Crippen LogP contribution in [0.5, 0.6) is 5.75 Å². The summed E-state index contributed by atoms with van der Waals surface area (Å²) in [5.74, 6) is 0.140. The Bertz CT molecular complexity index is 881. The van der Waals surface area contributed by atoms with Crippen molar-refractivity contribution in [3.05, 3.63) is 63.9 Å². The number of aromatic hydroxyl groups is 1. The standard InChI is InChI=1S/C15H11ClN4O2/c16-11-3-1-2-4-12(11)17-19-14-13(18-20-15(14)22)9-5-7-10(21)8-6-9/h1-8,21H,(H2,18,20,22). The Labute approximate surface area is 130 Å². The van der Waals surface area contributed by atoms with Crippen molar-refractivity contribution in [1.82, 2.24) is 10.2 Å². The van der Waals surface area contributed by atoms with E-state index in [1.54, 1.807) is 36.4 Å². The Morgan fingerprint density at radius 3 is 2.41 bits per heavy atom. The highest BCUT2D eigenvalue weighted by molar-refractivity contribution is 6.32. The van der Waals surface area contributed by atoms with Crippen molar-refractivity contribution in [2.75, 3.05) is 0 Å². The molecule has 22 heavy (non-hydrogen) atoms.